The predicted octanol–water partition coefficient (Wildman–Crippen LogP) is 12.8. The van der Waals surface area contributed by atoms with Crippen molar-refractivity contribution >= 4 is 35.2 Å². The summed E-state index contributed by atoms with van der Waals surface area (Å²) in [6.45, 7) is 11.7. The molecule has 1 radical (unpaired) electrons. The zero-order valence-corrected chi connectivity index (χ0v) is 36.3. The van der Waals surface area contributed by atoms with Crippen molar-refractivity contribution in [1.29, 1.82) is 0 Å². The van der Waals surface area contributed by atoms with Crippen molar-refractivity contribution in [2.45, 2.75) is 78.4 Å². The quantitative estimate of drug-likeness (QED) is 0.113. The normalized spacial score (nSPS) is 17.9. The number of benzene rings is 4. The second kappa shape index (κ2) is 16.9. The second-order valence-corrected chi connectivity index (χ2v) is 22.2. The van der Waals surface area contributed by atoms with E-state index in [4.69, 9.17) is 9.40 Å². The van der Waals surface area contributed by atoms with E-state index in [1.807, 2.05) is 30.5 Å². The molecule has 55 heavy (non-hydrogen) atoms. The van der Waals surface area contributed by atoms with Gasteiger partial charge in [-0.25, -0.2) is 0 Å². The Morgan fingerprint density at radius 2 is 1.56 bits per heavy atom. The molecular weight excluding hydrogens is 865 g/mol. The van der Waals surface area contributed by atoms with Crippen molar-refractivity contribution < 1.29 is 24.5 Å². The molecule has 2 bridgehead atoms. The smallest absolute Gasteiger partial charge is 0.120 e. The number of hydrogen-bond donors (Lipinski definition) is 0. The molecule has 3 fully saturated rings. The summed E-state index contributed by atoms with van der Waals surface area (Å²) < 4.78 is 6.39. The van der Waals surface area contributed by atoms with E-state index in [1.165, 1.54) is 66.0 Å². The number of fused-ring (bicyclic) bond motifs is 6. The van der Waals surface area contributed by atoms with Gasteiger partial charge in [0.25, 0.3) is 0 Å². The van der Waals surface area contributed by atoms with Crippen LogP contribution < -0.4 is 5.19 Å². The standard InChI is InChI=1S/C32H28NO.C18H24NSi.Ir/c1-2-5-23(6-3-1)25-13-14-31-29(20-25)27-7-4-8-28(32(27)34-31)30-19-22(15-16-33-30)18-26-17-21-9-11-24(26)12-10-21;1-14(2)11-16-12-17(15-9-7-6-8-10-15)19-13-18(16)20(3,4)5;/h1-7,13-16,19-21,24,26H,9-12,17-18H2;6-9,12-14H,11H2,1-5H3;/q2*-1;. The van der Waals surface area contributed by atoms with E-state index in [2.05, 4.69) is 136 Å². The van der Waals surface area contributed by atoms with Gasteiger partial charge in [-0.05, 0) is 102 Å². The Hall–Kier alpha value is -4.15. The van der Waals surface area contributed by atoms with Gasteiger partial charge in [-0.1, -0.05) is 117 Å². The molecule has 7 aromatic rings. The van der Waals surface area contributed by atoms with Crippen molar-refractivity contribution in [1.82, 2.24) is 9.97 Å². The minimum atomic E-state index is -1.34. The molecule has 0 spiro atoms. The molecule has 3 nitrogen and oxygen atoms in total. The fourth-order valence-electron chi connectivity index (χ4n) is 9.03. The minimum Gasteiger partial charge on any atom is -0.501 e. The van der Waals surface area contributed by atoms with Crippen LogP contribution >= 0.6 is 0 Å². The molecule has 5 heteroatoms. The van der Waals surface area contributed by atoms with Crippen LogP contribution in [0.2, 0.25) is 19.6 Å². The van der Waals surface area contributed by atoms with E-state index in [1.54, 1.807) is 0 Å². The van der Waals surface area contributed by atoms with E-state index < -0.39 is 8.07 Å². The molecule has 4 aromatic carbocycles. The molecule has 3 aliphatic carbocycles. The summed E-state index contributed by atoms with van der Waals surface area (Å²) in [6.07, 6.45) is 13.6. The number of pyridine rings is 2. The van der Waals surface area contributed by atoms with Gasteiger partial charge in [0.1, 0.15) is 5.58 Å². The van der Waals surface area contributed by atoms with Crippen molar-refractivity contribution in [2.24, 2.45) is 23.7 Å². The summed E-state index contributed by atoms with van der Waals surface area (Å²) in [6, 6.07) is 42.6. The third-order valence-electron chi connectivity index (χ3n) is 11.7. The SMILES string of the molecule is CC(C)Cc1cc(-c2[c-]cccc2)ncc1[Si](C)(C)C.[Ir].[c-]1ccc2c(oc3ccc(-c4ccccc4)cc32)c1-c1cc(CC2CC3CCC2CC3)ccn1. The average Bonchev–Trinajstić information content (AvgIpc) is 3.57. The summed E-state index contributed by atoms with van der Waals surface area (Å²) >= 11 is 0. The van der Waals surface area contributed by atoms with Crippen LogP contribution in [-0.4, -0.2) is 18.0 Å². The fraction of sp³-hybridized carbons (Fsp3) is 0.320. The Morgan fingerprint density at radius 3 is 2.27 bits per heavy atom. The molecule has 0 aliphatic heterocycles. The summed E-state index contributed by atoms with van der Waals surface area (Å²) in [5, 5.41) is 3.75. The molecule has 0 N–H and O–H groups in total. The van der Waals surface area contributed by atoms with Gasteiger partial charge in [0, 0.05) is 37.9 Å². The van der Waals surface area contributed by atoms with Crippen LogP contribution in [-0.2, 0) is 32.9 Å². The first kappa shape index (κ1) is 39.1. The summed E-state index contributed by atoms with van der Waals surface area (Å²) in [7, 11) is -1.34. The molecule has 283 valence electrons. The summed E-state index contributed by atoms with van der Waals surface area (Å²) in [4.78, 5) is 9.43. The number of furan rings is 1. The molecule has 3 aromatic heterocycles. The van der Waals surface area contributed by atoms with Gasteiger partial charge in [-0.15, -0.1) is 54.1 Å². The largest absolute Gasteiger partial charge is 0.501 e. The number of aromatic nitrogens is 2. The summed E-state index contributed by atoms with van der Waals surface area (Å²) in [5.74, 6) is 3.39. The van der Waals surface area contributed by atoms with Crippen molar-refractivity contribution in [3.8, 4) is 33.6 Å². The van der Waals surface area contributed by atoms with Crippen molar-refractivity contribution in [2.75, 3.05) is 0 Å². The van der Waals surface area contributed by atoms with Gasteiger partial charge in [0.05, 0.1) is 13.7 Å². The van der Waals surface area contributed by atoms with Crippen LogP contribution in [0.4, 0.5) is 0 Å². The van der Waals surface area contributed by atoms with Crippen LogP contribution in [0, 0.1) is 35.8 Å². The second-order valence-electron chi connectivity index (χ2n) is 17.2. The molecule has 1 unspecified atom stereocenters. The van der Waals surface area contributed by atoms with E-state index in [0.717, 1.165) is 68.6 Å². The number of hydrogen-bond acceptors (Lipinski definition) is 3. The maximum Gasteiger partial charge on any atom is 0.120 e. The Labute approximate surface area is 342 Å². The van der Waals surface area contributed by atoms with E-state index in [0.29, 0.717) is 5.92 Å². The predicted molar refractivity (Wildman–Crippen MR) is 229 cm³/mol. The maximum absolute atomic E-state index is 6.39. The van der Waals surface area contributed by atoms with E-state index in [9.17, 15) is 0 Å². The topological polar surface area (TPSA) is 38.9 Å². The minimum absolute atomic E-state index is 0. The molecule has 3 saturated carbocycles. The van der Waals surface area contributed by atoms with Gasteiger partial charge < -0.3 is 14.4 Å². The average molecular weight is 917 g/mol. The first-order chi connectivity index (χ1) is 26.2. The van der Waals surface area contributed by atoms with Crippen LogP contribution in [0.15, 0.2) is 120 Å². The molecule has 3 aliphatic rings. The van der Waals surface area contributed by atoms with Crippen LogP contribution in [0.25, 0.3) is 55.6 Å². The first-order valence-electron chi connectivity index (χ1n) is 20.0. The van der Waals surface area contributed by atoms with E-state index in [-0.39, 0.29) is 20.1 Å². The fourth-order valence-corrected chi connectivity index (χ4v) is 10.6. The van der Waals surface area contributed by atoms with Crippen LogP contribution in [0.5, 0.6) is 0 Å². The number of rotatable bonds is 8. The zero-order chi connectivity index (χ0) is 37.2. The third kappa shape index (κ3) is 8.80. The van der Waals surface area contributed by atoms with Crippen LogP contribution in [0.3, 0.4) is 0 Å². The molecule has 1 atom stereocenters. The molecular formula is C50H52IrN2OSi-2. The van der Waals surface area contributed by atoms with Gasteiger partial charge in [0.15, 0.2) is 0 Å². The maximum atomic E-state index is 6.39. The molecule has 10 rings (SSSR count). The Balaban J connectivity index is 0.000000191. The van der Waals surface area contributed by atoms with Gasteiger partial charge >= 0.3 is 0 Å². The Bertz CT molecular complexity index is 2350. The third-order valence-corrected chi connectivity index (χ3v) is 13.8. The van der Waals surface area contributed by atoms with Gasteiger partial charge in [-0.2, -0.15) is 0 Å². The molecule has 3 heterocycles. The Kier molecular flexibility index (Phi) is 12.0. The van der Waals surface area contributed by atoms with Crippen LogP contribution in [0.1, 0.15) is 57.1 Å². The van der Waals surface area contributed by atoms with E-state index >= 15 is 0 Å². The molecule has 0 amide bonds. The monoisotopic (exact) mass is 917 g/mol. The van der Waals surface area contributed by atoms with Gasteiger partial charge in [0.2, 0.25) is 0 Å². The first-order valence-corrected chi connectivity index (χ1v) is 23.5. The van der Waals surface area contributed by atoms with Crippen molar-refractivity contribution in [3.63, 3.8) is 0 Å². The van der Waals surface area contributed by atoms with Crippen molar-refractivity contribution in [3.05, 3.63) is 139 Å². The summed E-state index contributed by atoms with van der Waals surface area (Å²) in [5.41, 5.74) is 11.1. The van der Waals surface area contributed by atoms with Gasteiger partial charge in [-0.3, -0.25) is 0 Å². The Morgan fingerprint density at radius 1 is 0.764 bits per heavy atom. The molecule has 0 saturated heterocycles. The zero-order valence-electron chi connectivity index (χ0n) is 32.9. The number of nitrogens with zero attached hydrogens (tertiary/aromatic N) is 2.